The van der Waals surface area contributed by atoms with Crippen molar-refractivity contribution >= 4 is 41.3 Å². The van der Waals surface area contributed by atoms with Crippen molar-refractivity contribution in [3.63, 3.8) is 0 Å². The number of ketones is 1. The second kappa shape index (κ2) is 44.5. The highest BCUT2D eigenvalue weighted by Crippen LogP contribution is 2.14. The highest BCUT2D eigenvalue weighted by molar-refractivity contribution is 5.91. The molecule has 0 aromatic rings. The molecule has 0 aliphatic heterocycles. The molecule has 0 aromatic carbocycles. The molecule has 0 rings (SSSR count). The summed E-state index contributed by atoms with van der Waals surface area (Å²) in [6.07, 6.45) is 18.9. The number of carboxylic acids is 1. The number of ether oxygens (including phenoxy) is 6. The van der Waals surface area contributed by atoms with Crippen LogP contribution in [0.3, 0.4) is 0 Å². The lowest BCUT2D eigenvalue weighted by Gasteiger charge is -2.18. The Bertz CT molecular complexity index is 1240. The summed E-state index contributed by atoms with van der Waals surface area (Å²) in [7, 11) is 0. The van der Waals surface area contributed by atoms with Gasteiger partial charge in [-0.05, 0) is 33.6 Å². The highest BCUT2D eigenvalue weighted by Gasteiger charge is 2.20. The summed E-state index contributed by atoms with van der Waals surface area (Å²) < 4.78 is 31.7. The molecule has 2 unspecified atom stereocenters. The minimum Gasteiger partial charge on any atom is -0.481 e. The molecule has 0 aromatic heterocycles. The Morgan fingerprint density at radius 3 is 1.14 bits per heavy atom. The van der Waals surface area contributed by atoms with E-state index in [4.69, 9.17) is 33.5 Å². The number of carbonyl (C=O) groups is 7. The van der Waals surface area contributed by atoms with E-state index in [0.29, 0.717) is 32.8 Å². The Hall–Kier alpha value is -3.75. The Labute approximate surface area is 381 Å². The smallest absolute Gasteiger partial charge is 0.303 e. The fraction of sp³-hybridized carbons (Fsp3) is 0.844. The van der Waals surface area contributed by atoms with E-state index in [9.17, 15) is 33.6 Å². The highest BCUT2D eigenvalue weighted by atomic mass is 16.5. The third-order valence-electron chi connectivity index (χ3n) is 9.64. The molecular formula is C45H83N5O14. The number of unbranched alkanes of at least 4 members (excludes halogenated alkanes) is 15. The molecular weight excluding hydrogens is 835 g/mol. The largest absolute Gasteiger partial charge is 0.481 e. The average Bonchev–Trinajstić information content (AvgIpc) is 3.25. The van der Waals surface area contributed by atoms with Crippen LogP contribution in [0.4, 0.5) is 0 Å². The van der Waals surface area contributed by atoms with E-state index >= 15 is 0 Å². The second-order valence-corrected chi connectivity index (χ2v) is 15.8. The van der Waals surface area contributed by atoms with Crippen LogP contribution >= 0.6 is 0 Å². The first-order valence-electron chi connectivity index (χ1n) is 23.5. The monoisotopic (exact) mass is 918 g/mol. The number of aliphatic carboxylic acids is 1. The van der Waals surface area contributed by atoms with Gasteiger partial charge in [0.2, 0.25) is 29.5 Å². The lowest BCUT2D eigenvalue weighted by molar-refractivity contribution is -0.137. The summed E-state index contributed by atoms with van der Waals surface area (Å²) in [6.45, 7) is 7.45. The predicted octanol–water partition coefficient (Wildman–Crippen LogP) is 3.14. The fourth-order valence-corrected chi connectivity index (χ4v) is 6.05. The third kappa shape index (κ3) is 43.5. The molecule has 0 aliphatic rings. The minimum absolute atomic E-state index is 0.0527. The normalized spacial score (nSPS) is 12.0. The van der Waals surface area contributed by atoms with Crippen molar-refractivity contribution in [1.82, 2.24) is 26.6 Å². The Morgan fingerprint density at radius 2 is 0.734 bits per heavy atom. The molecule has 0 fully saturated rings. The number of hydrogen-bond donors (Lipinski definition) is 6. The molecule has 2 atom stereocenters. The fourth-order valence-electron chi connectivity index (χ4n) is 6.05. The number of hydrogen-bond acceptors (Lipinski definition) is 13. The van der Waals surface area contributed by atoms with Crippen molar-refractivity contribution in [3.8, 4) is 0 Å². The number of carboxylic acid groups (broad SMARTS) is 1. The van der Waals surface area contributed by atoms with Gasteiger partial charge in [0.1, 0.15) is 31.9 Å². The van der Waals surface area contributed by atoms with E-state index in [1.165, 1.54) is 64.7 Å². The molecule has 0 saturated carbocycles. The summed E-state index contributed by atoms with van der Waals surface area (Å²) in [4.78, 5) is 82.3. The van der Waals surface area contributed by atoms with Crippen LogP contribution in [0.5, 0.6) is 0 Å². The van der Waals surface area contributed by atoms with E-state index in [2.05, 4.69) is 26.6 Å². The van der Waals surface area contributed by atoms with Crippen LogP contribution in [0.2, 0.25) is 0 Å². The van der Waals surface area contributed by atoms with Crippen LogP contribution in [0.1, 0.15) is 136 Å². The maximum atomic E-state index is 12.6. The minimum atomic E-state index is -0.805. The van der Waals surface area contributed by atoms with Gasteiger partial charge in [0.25, 0.3) is 0 Å². The molecule has 0 bridgehead atoms. The van der Waals surface area contributed by atoms with Gasteiger partial charge in [-0.25, -0.2) is 0 Å². The van der Waals surface area contributed by atoms with Crippen molar-refractivity contribution in [2.45, 2.75) is 148 Å². The van der Waals surface area contributed by atoms with Crippen molar-refractivity contribution in [2.75, 3.05) is 98.9 Å². The van der Waals surface area contributed by atoms with Gasteiger partial charge >= 0.3 is 5.97 Å². The van der Waals surface area contributed by atoms with Crippen molar-refractivity contribution < 1.29 is 67.1 Å². The first-order valence-corrected chi connectivity index (χ1v) is 23.5. The molecule has 0 radical (unpaired) electrons. The Balaban J connectivity index is 3.62. The molecule has 64 heavy (non-hydrogen) atoms. The summed E-state index contributed by atoms with van der Waals surface area (Å²) in [6, 6.07) is -1.58. The summed E-state index contributed by atoms with van der Waals surface area (Å²) in [5, 5.41) is 22.0. The standard InChI is InChI=1S/C45H83N5O14/c1-37(51)34-62-31-28-59-25-22-46-41(53)35-63-32-29-60-26-23-47-42(54)36-64-33-30-61-27-24-48-44(57)38(2)50-45(58)39(3)49-40(52)20-18-16-14-12-10-8-6-4-5-7-9-11-13-15-17-19-21-43(55)56/h38-39H,4-36H2,1-3H3,(H,46,53)(H,47,54)(H,48,57)(H,49,52)(H,50,58)(H,55,56). The van der Waals surface area contributed by atoms with Crippen LogP contribution in [-0.4, -0.2) is 157 Å². The van der Waals surface area contributed by atoms with Crippen LogP contribution < -0.4 is 26.6 Å². The lowest BCUT2D eigenvalue weighted by Crippen LogP contribution is -2.51. The lowest BCUT2D eigenvalue weighted by atomic mass is 10.0. The van der Waals surface area contributed by atoms with E-state index in [1.807, 2.05) is 0 Å². The molecule has 0 spiro atoms. The van der Waals surface area contributed by atoms with E-state index < -0.39 is 24.0 Å². The molecule has 0 heterocycles. The molecule has 372 valence electrons. The van der Waals surface area contributed by atoms with Crippen molar-refractivity contribution in [1.29, 1.82) is 0 Å². The van der Waals surface area contributed by atoms with E-state index in [1.54, 1.807) is 13.8 Å². The van der Waals surface area contributed by atoms with Gasteiger partial charge < -0.3 is 60.1 Å². The molecule has 19 nitrogen and oxygen atoms in total. The van der Waals surface area contributed by atoms with Crippen molar-refractivity contribution in [2.24, 2.45) is 0 Å². The second-order valence-electron chi connectivity index (χ2n) is 15.8. The molecule has 5 amide bonds. The number of Topliss-reactive ketones (excluding diaryl/α,β-unsaturated/α-hetero) is 1. The van der Waals surface area contributed by atoms with E-state index in [-0.39, 0.29) is 108 Å². The quantitative estimate of drug-likeness (QED) is 0.0480. The Morgan fingerprint density at radius 1 is 0.391 bits per heavy atom. The zero-order chi connectivity index (χ0) is 47.3. The van der Waals surface area contributed by atoms with Gasteiger partial charge in [-0.15, -0.1) is 0 Å². The summed E-state index contributed by atoms with van der Waals surface area (Å²) in [5.41, 5.74) is 0. The van der Waals surface area contributed by atoms with Crippen LogP contribution in [0.25, 0.3) is 0 Å². The molecule has 19 heteroatoms. The van der Waals surface area contributed by atoms with Crippen LogP contribution in [0.15, 0.2) is 0 Å². The topological polar surface area (TPSA) is 255 Å². The van der Waals surface area contributed by atoms with Crippen molar-refractivity contribution in [3.05, 3.63) is 0 Å². The SMILES string of the molecule is CC(=O)COCCOCCNC(=O)COCCOCCNC(=O)COCCOCCNC(=O)C(C)NC(=O)C(C)NC(=O)CCCCCCCCCCCCCCCCCCC(=O)O. The maximum Gasteiger partial charge on any atom is 0.303 e. The average molecular weight is 918 g/mol. The predicted molar refractivity (Wildman–Crippen MR) is 241 cm³/mol. The number of amides is 5. The zero-order valence-electron chi connectivity index (χ0n) is 39.2. The van der Waals surface area contributed by atoms with Gasteiger partial charge in [0.05, 0.1) is 59.5 Å². The number of carbonyl (C=O) groups excluding carboxylic acids is 6. The first kappa shape index (κ1) is 60.2. The Kier molecular flexibility index (Phi) is 41.8. The van der Waals surface area contributed by atoms with Gasteiger partial charge in [0, 0.05) is 32.5 Å². The zero-order valence-corrected chi connectivity index (χ0v) is 39.2. The van der Waals surface area contributed by atoms with Gasteiger partial charge in [-0.1, -0.05) is 89.9 Å². The van der Waals surface area contributed by atoms with Gasteiger partial charge in [-0.2, -0.15) is 0 Å². The maximum absolute atomic E-state index is 12.6. The number of nitrogens with one attached hydrogen (secondary N) is 5. The molecule has 0 saturated heterocycles. The van der Waals surface area contributed by atoms with E-state index in [0.717, 1.165) is 44.9 Å². The number of rotatable bonds is 47. The van der Waals surface area contributed by atoms with Crippen LogP contribution in [0, 0.1) is 0 Å². The van der Waals surface area contributed by atoms with Gasteiger partial charge in [-0.3, -0.25) is 33.6 Å². The summed E-state index contributed by atoms with van der Waals surface area (Å²) in [5.74, 6) is -2.37. The van der Waals surface area contributed by atoms with Gasteiger partial charge in [0.15, 0.2) is 5.78 Å². The third-order valence-corrected chi connectivity index (χ3v) is 9.64. The van der Waals surface area contributed by atoms with Crippen LogP contribution in [-0.2, 0) is 62.0 Å². The summed E-state index contributed by atoms with van der Waals surface area (Å²) >= 11 is 0. The molecule has 0 aliphatic carbocycles. The first-order chi connectivity index (χ1) is 30.9. The molecule has 6 N–H and O–H groups in total.